The Morgan fingerprint density at radius 1 is 1.10 bits per heavy atom. The number of benzene rings is 2. The Morgan fingerprint density at radius 2 is 1.70 bits per heavy atom. The lowest BCUT2D eigenvalue weighted by molar-refractivity contribution is 0.100. The molecule has 4 N–H and O–H groups in total. The Balaban J connectivity index is 2.44. The molecule has 0 fully saturated rings. The molecule has 2 aromatic rings. The quantitative estimate of drug-likeness (QED) is 0.838. The van der Waals surface area contributed by atoms with Gasteiger partial charge in [-0.15, -0.1) is 0 Å². The van der Waals surface area contributed by atoms with Gasteiger partial charge in [0.2, 0.25) is 0 Å². The lowest BCUT2D eigenvalue weighted by Gasteiger charge is -2.24. The summed E-state index contributed by atoms with van der Waals surface area (Å²) in [4.78, 5) is 13.5. The Hall–Kier alpha value is -2.49. The normalized spacial score (nSPS) is 10.3. The molecular weight excluding hydrogens is 250 g/mol. The molecule has 0 saturated carbocycles. The zero-order valence-electron chi connectivity index (χ0n) is 11.8. The van der Waals surface area contributed by atoms with Crippen LogP contribution in [0.4, 0.5) is 17.1 Å². The Morgan fingerprint density at radius 3 is 2.25 bits per heavy atom. The van der Waals surface area contributed by atoms with Crippen LogP contribution in [0.1, 0.15) is 22.8 Å². The van der Waals surface area contributed by atoms with Gasteiger partial charge in [-0.25, -0.2) is 0 Å². The van der Waals surface area contributed by atoms with Crippen molar-refractivity contribution in [3.05, 3.63) is 53.6 Å². The molecular formula is C16H19N3O. The van der Waals surface area contributed by atoms with Crippen molar-refractivity contribution in [2.45, 2.75) is 13.8 Å². The number of rotatable bonds is 4. The van der Waals surface area contributed by atoms with Gasteiger partial charge in [-0.3, -0.25) is 4.79 Å². The van der Waals surface area contributed by atoms with Crippen molar-refractivity contribution in [2.24, 2.45) is 5.73 Å². The molecule has 0 atom stereocenters. The van der Waals surface area contributed by atoms with E-state index >= 15 is 0 Å². The lowest BCUT2D eigenvalue weighted by atomic mass is 10.1. The molecule has 4 nitrogen and oxygen atoms in total. The van der Waals surface area contributed by atoms with Crippen LogP contribution in [-0.2, 0) is 0 Å². The van der Waals surface area contributed by atoms with Crippen LogP contribution in [0.15, 0.2) is 42.5 Å². The van der Waals surface area contributed by atoms with Gasteiger partial charge in [0.15, 0.2) is 0 Å². The summed E-state index contributed by atoms with van der Waals surface area (Å²) in [6.07, 6.45) is 0. The fraction of sp³-hybridized carbons (Fsp3) is 0.188. The predicted octanol–water partition coefficient (Wildman–Crippen LogP) is 2.83. The van der Waals surface area contributed by atoms with Crippen LogP contribution in [0.25, 0.3) is 0 Å². The molecule has 0 aliphatic rings. The Kier molecular flexibility index (Phi) is 3.94. The number of aryl methyl sites for hydroxylation is 1. The van der Waals surface area contributed by atoms with Crippen LogP contribution in [0.5, 0.6) is 0 Å². The van der Waals surface area contributed by atoms with E-state index in [0.717, 1.165) is 17.9 Å². The highest BCUT2D eigenvalue weighted by atomic mass is 16.1. The van der Waals surface area contributed by atoms with Crippen molar-refractivity contribution in [2.75, 3.05) is 17.2 Å². The second-order valence-electron chi connectivity index (χ2n) is 4.72. The van der Waals surface area contributed by atoms with Crippen LogP contribution in [0.2, 0.25) is 0 Å². The number of hydrogen-bond donors (Lipinski definition) is 2. The number of hydrogen-bond acceptors (Lipinski definition) is 3. The second kappa shape index (κ2) is 5.65. The van der Waals surface area contributed by atoms with Crippen LogP contribution >= 0.6 is 0 Å². The number of carbonyl (C=O) groups excluding carboxylic acids is 1. The van der Waals surface area contributed by atoms with Crippen LogP contribution in [-0.4, -0.2) is 12.5 Å². The van der Waals surface area contributed by atoms with Gasteiger partial charge in [0, 0.05) is 23.6 Å². The van der Waals surface area contributed by atoms with E-state index in [1.807, 2.05) is 6.07 Å². The Labute approximate surface area is 119 Å². The van der Waals surface area contributed by atoms with E-state index in [-0.39, 0.29) is 0 Å². The zero-order chi connectivity index (χ0) is 14.7. The highest BCUT2D eigenvalue weighted by molar-refractivity contribution is 5.99. The number of anilines is 3. The van der Waals surface area contributed by atoms with Gasteiger partial charge in [0.1, 0.15) is 0 Å². The van der Waals surface area contributed by atoms with Crippen molar-refractivity contribution in [1.82, 2.24) is 0 Å². The Bertz CT molecular complexity index is 620. The minimum atomic E-state index is -0.510. The SMILES string of the molecule is CCN(c1ccc(C)cc1)c1ccc(N)c(C(N)=O)c1. The molecule has 0 saturated heterocycles. The third-order valence-electron chi connectivity index (χ3n) is 3.28. The summed E-state index contributed by atoms with van der Waals surface area (Å²) in [7, 11) is 0. The summed E-state index contributed by atoms with van der Waals surface area (Å²) in [6.45, 7) is 4.89. The fourth-order valence-corrected chi connectivity index (χ4v) is 2.16. The average Bonchev–Trinajstić information content (AvgIpc) is 2.43. The predicted molar refractivity (Wildman–Crippen MR) is 83.2 cm³/mol. The van der Waals surface area contributed by atoms with Crippen LogP contribution in [0.3, 0.4) is 0 Å². The molecule has 104 valence electrons. The van der Waals surface area contributed by atoms with Gasteiger partial charge in [0.05, 0.1) is 5.56 Å². The van der Waals surface area contributed by atoms with Crippen LogP contribution < -0.4 is 16.4 Å². The first-order chi connectivity index (χ1) is 9.52. The average molecular weight is 269 g/mol. The molecule has 2 rings (SSSR count). The smallest absolute Gasteiger partial charge is 0.250 e. The van der Waals surface area contributed by atoms with Crippen molar-refractivity contribution in [3.63, 3.8) is 0 Å². The first kappa shape index (κ1) is 13.9. The first-order valence-electron chi connectivity index (χ1n) is 6.56. The number of nitrogens with two attached hydrogens (primary N) is 2. The van der Waals surface area contributed by atoms with Gasteiger partial charge in [-0.1, -0.05) is 17.7 Å². The monoisotopic (exact) mass is 269 g/mol. The summed E-state index contributed by atoms with van der Waals surface area (Å²) in [5.74, 6) is -0.510. The number of nitrogen functional groups attached to an aromatic ring is 1. The zero-order valence-corrected chi connectivity index (χ0v) is 11.8. The van der Waals surface area contributed by atoms with E-state index in [9.17, 15) is 4.79 Å². The molecule has 4 heteroatoms. The minimum Gasteiger partial charge on any atom is -0.398 e. The number of primary amides is 1. The summed E-state index contributed by atoms with van der Waals surface area (Å²) >= 11 is 0. The van der Waals surface area contributed by atoms with Gasteiger partial charge in [-0.2, -0.15) is 0 Å². The molecule has 0 spiro atoms. The molecule has 0 radical (unpaired) electrons. The third-order valence-corrected chi connectivity index (χ3v) is 3.28. The summed E-state index contributed by atoms with van der Waals surface area (Å²) in [6, 6.07) is 13.6. The van der Waals surface area contributed by atoms with Gasteiger partial charge in [-0.05, 0) is 44.2 Å². The van der Waals surface area contributed by atoms with Crippen molar-refractivity contribution in [3.8, 4) is 0 Å². The van der Waals surface area contributed by atoms with E-state index in [2.05, 4.69) is 43.0 Å². The van der Waals surface area contributed by atoms with Crippen molar-refractivity contribution in [1.29, 1.82) is 0 Å². The van der Waals surface area contributed by atoms with Gasteiger partial charge in [0.25, 0.3) is 5.91 Å². The van der Waals surface area contributed by atoms with E-state index < -0.39 is 5.91 Å². The van der Waals surface area contributed by atoms with E-state index in [4.69, 9.17) is 11.5 Å². The minimum absolute atomic E-state index is 0.355. The third kappa shape index (κ3) is 2.74. The lowest BCUT2D eigenvalue weighted by Crippen LogP contribution is -2.18. The van der Waals surface area contributed by atoms with Gasteiger partial charge >= 0.3 is 0 Å². The van der Waals surface area contributed by atoms with Crippen LogP contribution in [0, 0.1) is 6.92 Å². The molecule has 2 aromatic carbocycles. The second-order valence-corrected chi connectivity index (χ2v) is 4.72. The molecule has 0 heterocycles. The maximum absolute atomic E-state index is 11.4. The summed E-state index contributed by atoms with van der Waals surface area (Å²) < 4.78 is 0. The van der Waals surface area contributed by atoms with Crippen molar-refractivity contribution >= 4 is 23.0 Å². The summed E-state index contributed by atoms with van der Waals surface area (Å²) in [5, 5.41) is 0. The molecule has 0 bridgehead atoms. The van der Waals surface area contributed by atoms with E-state index in [1.54, 1.807) is 12.1 Å². The van der Waals surface area contributed by atoms with E-state index in [1.165, 1.54) is 5.56 Å². The maximum Gasteiger partial charge on any atom is 0.250 e. The number of carbonyl (C=O) groups is 1. The standard InChI is InChI=1S/C16H19N3O/c1-3-19(12-6-4-11(2)5-7-12)13-8-9-15(17)14(10-13)16(18)20/h4-10H,3,17H2,1-2H3,(H2,18,20). The molecule has 20 heavy (non-hydrogen) atoms. The maximum atomic E-state index is 11.4. The van der Waals surface area contributed by atoms with E-state index in [0.29, 0.717) is 11.3 Å². The summed E-state index contributed by atoms with van der Waals surface area (Å²) in [5.41, 5.74) is 15.1. The highest BCUT2D eigenvalue weighted by Crippen LogP contribution is 2.28. The molecule has 0 aliphatic heterocycles. The van der Waals surface area contributed by atoms with Gasteiger partial charge < -0.3 is 16.4 Å². The number of nitrogens with zero attached hydrogens (tertiary/aromatic N) is 1. The topological polar surface area (TPSA) is 72.3 Å². The largest absolute Gasteiger partial charge is 0.398 e. The molecule has 0 aromatic heterocycles. The van der Waals surface area contributed by atoms with Crippen molar-refractivity contribution < 1.29 is 4.79 Å². The number of amides is 1. The highest BCUT2D eigenvalue weighted by Gasteiger charge is 2.12. The molecule has 1 amide bonds. The molecule has 0 unspecified atom stereocenters. The fourth-order valence-electron chi connectivity index (χ4n) is 2.16. The first-order valence-corrected chi connectivity index (χ1v) is 6.56. The molecule has 0 aliphatic carbocycles.